The number of halogens is 2. The van der Waals surface area contributed by atoms with Crippen molar-refractivity contribution in [3.05, 3.63) is 41.5 Å². The van der Waals surface area contributed by atoms with Gasteiger partial charge in [0.2, 0.25) is 5.91 Å². The summed E-state index contributed by atoms with van der Waals surface area (Å²) in [6.45, 7) is 1.28. The molecule has 4 atom stereocenters. The molecule has 37 heavy (non-hydrogen) atoms. The Morgan fingerprint density at radius 2 is 1.95 bits per heavy atom. The molecule has 3 N–H and O–H groups in total. The van der Waals surface area contributed by atoms with E-state index in [4.69, 9.17) is 24.1 Å². The maximum absolute atomic E-state index is 13.6. The maximum Gasteiger partial charge on any atom is 0.586 e. The summed E-state index contributed by atoms with van der Waals surface area (Å²) in [7, 11) is 1.53. The summed E-state index contributed by atoms with van der Waals surface area (Å²) in [5.74, 6) is 0.642. The molecule has 3 heterocycles. The van der Waals surface area contributed by atoms with E-state index in [9.17, 15) is 18.7 Å². The van der Waals surface area contributed by atoms with Gasteiger partial charge in [0, 0.05) is 29.7 Å². The van der Waals surface area contributed by atoms with Crippen molar-refractivity contribution in [2.24, 2.45) is 0 Å². The highest BCUT2D eigenvalue weighted by molar-refractivity contribution is 5.90. The van der Waals surface area contributed by atoms with Crippen molar-refractivity contribution < 1.29 is 52.2 Å². The number of nitrogens with one attached hydrogen (secondary N) is 1. The summed E-state index contributed by atoms with van der Waals surface area (Å²) in [4.78, 5) is 13.6. The fourth-order valence-corrected chi connectivity index (χ4v) is 4.61. The second kappa shape index (κ2) is 9.51. The fourth-order valence-electron chi connectivity index (χ4n) is 4.61. The Hall–Kier alpha value is -3.35. The van der Waals surface area contributed by atoms with Crippen LogP contribution in [0.5, 0.6) is 28.7 Å². The van der Waals surface area contributed by atoms with Crippen LogP contribution in [-0.4, -0.2) is 68.2 Å². The Bertz CT molecular complexity index is 1190. The fraction of sp³-hybridized carbons (Fsp3) is 0.480. The number of hydrogen-bond acceptors (Lipinski definition) is 9. The number of carbonyl (C=O) groups is 1. The number of carbonyl (C=O) groups excluding carboxylic acids is 1. The Morgan fingerprint density at radius 3 is 2.68 bits per heavy atom. The van der Waals surface area contributed by atoms with Gasteiger partial charge in [-0.15, -0.1) is 8.78 Å². The third kappa shape index (κ3) is 4.83. The normalized spacial score (nSPS) is 25.4. The van der Waals surface area contributed by atoms with E-state index >= 15 is 0 Å². The SMILES string of the molecule is COc1ccc2c(c1)O[C@@H](COC[C@H](O)CO)C[C@H]2NC(=O)C1(C)COc2cc3c(cc21)OC(F)(F)O3. The van der Waals surface area contributed by atoms with Crippen LogP contribution in [0.1, 0.15) is 30.5 Å². The smallest absolute Gasteiger partial charge is 0.497 e. The summed E-state index contributed by atoms with van der Waals surface area (Å²) < 4.78 is 58.7. The van der Waals surface area contributed by atoms with Crippen molar-refractivity contribution in [2.75, 3.05) is 33.5 Å². The standard InChI is InChI=1S/C25H27F2NO9/c1-24(12-34-20-8-22-21(7-17(20)24)36-25(26,27)37-22)23(31)28-18-5-15(11-33-10-13(30)9-29)35-19-6-14(32-2)3-4-16(18)19/h3-4,6-8,13,15,18,29-30H,5,9-12H2,1-2H3,(H,28,31)/t13-,15-,18-,24?/m1/s1. The zero-order valence-corrected chi connectivity index (χ0v) is 20.2. The van der Waals surface area contributed by atoms with Crippen molar-refractivity contribution in [3.63, 3.8) is 0 Å². The minimum Gasteiger partial charge on any atom is -0.497 e. The molecule has 1 unspecified atom stereocenters. The molecule has 0 bridgehead atoms. The molecule has 0 saturated carbocycles. The first kappa shape index (κ1) is 25.3. The van der Waals surface area contributed by atoms with Crippen LogP contribution in [0.3, 0.4) is 0 Å². The minimum atomic E-state index is -3.78. The van der Waals surface area contributed by atoms with Crippen LogP contribution in [-0.2, 0) is 14.9 Å². The van der Waals surface area contributed by atoms with E-state index in [0.717, 1.165) is 5.56 Å². The van der Waals surface area contributed by atoms with Crippen molar-refractivity contribution in [1.82, 2.24) is 5.32 Å². The van der Waals surface area contributed by atoms with Gasteiger partial charge in [0.25, 0.3) is 0 Å². The summed E-state index contributed by atoms with van der Waals surface area (Å²) in [5, 5.41) is 21.6. The predicted octanol–water partition coefficient (Wildman–Crippen LogP) is 2.05. The van der Waals surface area contributed by atoms with Crippen LogP contribution in [0.15, 0.2) is 30.3 Å². The average molecular weight is 523 g/mol. The zero-order valence-electron chi connectivity index (χ0n) is 20.2. The molecule has 2 aromatic rings. The molecule has 0 aliphatic carbocycles. The molecule has 0 aromatic heterocycles. The van der Waals surface area contributed by atoms with Gasteiger partial charge >= 0.3 is 6.29 Å². The number of amides is 1. The molecule has 3 aliphatic heterocycles. The van der Waals surface area contributed by atoms with E-state index in [1.165, 1.54) is 19.2 Å². The molecule has 200 valence electrons. The zero-order chi connectivity index (χ0) is 26.4. The molecule has 0 spiro atoms. The number of rotatable bonds is 8. The number of aliphatic hydroxyl groups is 2. The second-order valence-electron chi connectivity index (χ2n) is 9.36. The van der Waals surface area contributed by atoms with E-state index < -0.39 is 36.6 Å². The van der Waals surface area contributed by atoms with Crippen LogP contribution < -0.4 is 29.0 Å². The van der Waals surface area contributed by atoms with E-state index in [2.05, 4.69) is 14.8 Å². The van der Waals surface area contributed by atoms with Gasteiger partial charge in [-0.1, -0.05) is 0 Å². The average Bonchev–Trinajstić information content (AvgIpc) is 3.36. The lowest BCUT2D eigenvalue weighted by molar-refractivity contribution is -0.286. The predicted molar refractivity (Wildman–Crippen MR) is 122 cm³/mol. The minimum absolute atomic E-state index is 0.00225. The number of ether oxygens (including phenoxy) is 6. The van der Waals surface area contributed by atoms with Gasteiger partial charge in [-0.25, -0.2) is 0 Å². The van der Waals surface area contributed by atoms with Crippen LogP contribution in [0.2, 0.25) is 0 Å². The Kier molecular flexibility index (Phi) is 6.50. The van der Waals surface area contributed by atoms with Gasteiger partial charge in [0.05, 0.1) is 33.0 Å². The topological polar surface area (TPSA) is 125 Å². The molecular formula is C25H27F2NO9. The number of benzene rings is 2. The number of aliphatic hydroxyl groups excluding tert-OH is 2. The van der Waals surface area contributed by atoms with Gasteiger partial charge in [-0.05, 0) is 25.1 Å². The first-order valence-corrected chi connectivity index (χ1v) is 11.7. The quantitative estimate of drug-likeness (QED) is 0.477. The van der Waals surface area contributed by atoms with Gasteiger partial charge < -0.3 is 44.0 Å². The Morgan fingerprint density at radius 1 is 1.19 bits per heavy atom. The molecule has 0 radical (unpaired) electrons. The molecule has 0 saturated heterocycles. The molecule has 5 rings (SSSR count). The highest BCUT2D eigenvalue weighted by atomic mass is 19.3. The monoisotopic (exact) mass is 523 g/mol. The van der Waals surface area contributed by atoms with E-state index in [1.54, 1.807) is 25.1 Å². The Labute approximate surface area is 211 Å². The maximum atomic E-state index is 13.6. The van der Waals surface area contributed by atoms with Crippen LogP contribution in [0, 0.1) is 0 Å². The third-order valence-corrected chi connectivity index (χ3v) is 6.63. The Balaban J connectivity index is 1.37. The number of fused-ring (bicyclic) bond motifs is 3. The summed E-state index contributed by atoms with van der Waals surface area (Å²) >= 11 is 0. The van der Waals surface area contributed by atoms with Crippen LogP contribution >= 0.6 is 0 Å². The molecule has 12 heteroatoms. The summed E-state index contributed by atoms with van der Waals surface area (Å²) in [5.41, 5.74) is -0.0490. The van der Waals surface area contributed by atoms with E-state index in [-0.39, 0.29) is 43.0 Å². The molecule has 1 amide bonds. The molecule has 10 nitrogen and oxygen atoms in total. The second-order valence-corrected chi connectivity index (χ2v) is 9.36. The summed E-state index contributed by atoms with van der Waals surface area (Å²) in [6.07, 6.45) is -4.90. The summed E-state index contributed by atoms with van der Waals surface area (Å²) in [6, 6.07) is 7.44. The molecule has 2 aromatic carbocycles. The van der Waals surface area contributed by atoms with Crippen LogP contribution in [0.4, 0.5) is 8.78 Å². The lowest BCUT2D eigenvalue weighted by atomic mass is 9.82. The van der Waals surface area contributed by atoms with Gasteiger partial charge in [0.1, 0.15) is 41.5 Å². The molecular weight excluding hydrogens is 496 g/mol. The lowest BCUT2D eigenvalue weighted by Crippen LogP contribution is -2.47. The molecule has 3 aliphatic rings. The van der Waals surface area contributed by atoms with Crippen molar-refractivity contribution in [3.8, 4) is 28.7 Å². The van der Waals surface area contributed by atoms with Gasteiger partial charge in [-0.2, -0.15) is 0 Å². The van der Waals surface area contributed by atoms with Gasteiger partial charge in [0.15, 0.2) is 11.5 Å². The molecule has 0 fully saturated rings. The third-order valence-electron chi connectivity index (χ3n) is 6.63. The number of alkyl halides is 2. The van der Waals surface area contributed by atoms with E-state index in [1.807, 2.05) is 0 Å². The number of hydrogen-bond donors (Lipinski definition) is 3. The highest BCUT2D eigenvalue weighted by Crippen LogP contribution is 2.50. The van der Waals surface area contributed by atoms with Crippen LogP contribution in [0.25, 0.3) is 0 Å². The largest absolute Gasteiger partial charge is 0.586 e. The lowest BCUT2D eigenvalue weighted by Gasteiger charge is -2.34. The van der Waals surface area contributed by atoms with Crippen molar-refractivity contribution >= 4 is 5.91 Å². The van der Waals surface area contributed by atoms with Crippen molar-refractivity contribution in [2.45, 2.75) is 43.3 Å². The first-order chi connectivity index (χ1) is 17.6. The van der Waals surface area contributed by atoms with E-state index in [0.29, 0.717) is 23.5 Å². The first-order valence-electron chi connectivity index (χ1n) is 11.7. The number of methoxy groups -OCH3 is 1. The highest BCUT2D eigenvalue weighted by Gasteiger charge is 2.49. The van der Waals surface area contributed by atoms with Crippen molar-refractivity contribution in [1.29, 1.82) is 0 Å². The van der Waals surface area contributed by atoms with Gasteiger partial charge in [-0.3, -0.25) is 4.79 Å².